The second-order valence-electron chi connectivity index (χ2n) is 5.52. The van der Waals surface area contributed by atoms with Gasteiger partial charge in [0.05, 0.1) is 22.9 Å². The maximum Gasteiger partial charge on any atom is 0.337 e. The van der Waals surface area contributed by atoms with Crippen molar-refractivity contribution in [3.63, 3.8) is 0 Å². The topological polar surface area (TPSA) is 63.2 Å². The van der Waals surface area contributed by atoms with Crippen molar-refractivity contribution in [3.8, 4) is 0 Å². The molecule has 0 bridgehead atoms. The number of nitrogens with one attached hydrogen (secondary N) is 2. The molecule has 1 heterocycles. The second kappa shape index (κ2) is 5.95. The molecule has 112 valence electrons. The van der Waals surface area contributed by atoms with Crippen molar-refractivity contribution < 1.29 is 9.53 Å². The number of aromatic nitrogens is 1. The lowest BCUT2D eigenvalue weighted by Gasteiger charge is -2.22. The summed E-state index contributed by atoms with van der Waals surface area (Å²) in [6.07, 6.45) is 0. The van der Waals surface area contributed by atoms with Gasteiger partial charge in [-0.15, -0.1) is 0 Å². The number of benzene rings is 1. The largest absolute Gasteiger partial charge is 0.465 e. The summed E-state index contributed by atoms with van der Waals surface area (Å²) in [6.45, 7) is 6.09. The van der Waals surface area contributed by atoms with E-state index in [-0.39, 0.29) is 11.5 Å². The van der Waals surface area contributed by atoms with Gasteiger partial charge in [-0.25, -0.2) is 9.78 Å². The molecule has 7 heteroatoms. The van der Waals surface area contributed by atoms with Crippen LogP contribution < -0.4 is 10.6 Å². The first-order chi connectivity index (χ1) is 9.78. The number of carbonyl (C=O) groups excluding carboxylic acids is 1. The monoisotopic (exact) mass is 323 g/mol. The number of hydrogen-bond donors (Lipinski definition) is 2. The number of anilines is 1. The van der Waals surface area contributed by atoms with E-state index < -0.39 is 0 Å². The lowest BCUT2D eigenvalue weighted by Crippen LogP contribution is -2.42. The third-order valence-electron chi connectivity index (χ3n) is 2.52. The van der Waals surface area contributed by atoms with Gasteiger partial charge in [0.2, 0.25) is 0 Å². The highest BCUT2D eigenvalue weighted by atomic mass is 32.1. The van der Waals surface area contributed by atoms with E-state index in [1.807, 2.05) is 20.8 Å². The number of fused-ring (bicyclic) bond motifs is 1. The van der Waals surface area contributed by atoms with Gasteiger partial charge in [-0.05, 0) is 51.2 Å². The maximum absolute atomic E-state index is 11.5. The quantitative estimate of drug-likeness (QED) is 0.654. The molecule has 0 saturated heterocycles. The minimum atomic E-state index is -0.357. The van der Waals surface area contributed by atoms with Crippen LogP contribution in [-0.4, -0.2) is 28.7 Å². The summed E-state index contributed by atoms with van der Waals surface area (Å²) in [5.41, 5.74) is 1.21. The number of methoxy groups -OCH3 is 1. The first kappa shape index (κ1) is 15.7. The summed E-state index contributed by atoms with van der Waals surface area (Å²) < 4.78 is 5.61. The number of rotatable bonds is 2. The first-order valence-corrected chi connectivity index (χ1v) is 7.59. The minimum absolute atomic E-state index is 0.112. The Hall–Kier alpha value is -1.73. The zero-order chi connectivity index (χ0) is 15.6. The zero-order valence-corrected chi connectivity index (χ0v) is 13.9. The van der Waals surface area contributed by atoms with E-state index in [4.69, 9.17) is 17.0 Å². The van der Waals surface area contributed by atoms with E-state index in [0.29, 0.717) is 15.8 Å². The predicted molar refractivity (Wildman–Crippen MR) is 90.1 cm³/mol. The SMILES string of the molecule is COC(=O)c1ccc2nc(NC(=S)NC(C)(C)C)sc2c1. The molecule has 21 heavy (non-hydrogen) atoms. The minimum Gasteiger partial charge on any atom is -0.465 e. The Bertz CT molecular complexity index is 689. The van der Waals surface area contributed by atoms with E-state index in [9.17, 15) is 4.79 Å². The van der Waals surface area contributed by atoms with Crippen molar-refractivity contribution in [2.75, 3.05) is 12.4 Å². The van der Waals surface area contributed by atoms with Crippen LogP contribution in [0.5, 0.6) is 0 Å². The van der Waals surface area contributed by atoms with Crippen molar-refractivity contribution in [2.24, 2.45) is 0 Å². The van der Waals surface area contributed by atoms with Gasteiger partial charge >= 0.3 is 5.97 Å². The fourth-order valence-electron chi connectivity index (χ4n) is 1.69. The van der Waals surface area contributed by atoms with E-state index in [1.165, 1.54) is 18.4 Å². The Morgan fingerprint density at radius 3 is 2.71 bits per heavy atom. The van der Waals surface area contributed by atoms with Crippen LogP contribution in [0.1, 0.15) is 31.1 Å². The summed E-state index contributed by atoms with van der Waals surface area (Å²) in [5, 5.41) is 7.44. The molecule has 0 saturated carbocycles. The summed E-state index contributed by atoms with van der Waals surface area (Å²) in [4.78, 5) is 16.0. The van der Waals surface area contributed by atoms with Crippen molar-refractivity contribution in [1.29, 1.82) is 0 Å². The van der Waals surface area contributed by atoms with Crippen LogP contribution in [0, 0.1) is 0 Å². The fraction of sp³-hybridized carbons (Fsp3) is 0.357. The molecule has 0 atom stereocenters. The highest BCUT2D eigenvalue weighted by Gasteiger charge is 2.13. The summed E-state index contributed by atoms with van der Waals surface area (Å²) >= 11 is 6.68. The third kappa shape index (κ3) is 4.12. The predicted octanol–water partition coefficient (Wildman–Crippen LogP) is 3.17. The molecule has 5 nitrogen and oxygen atoms in total. The molecule has 2 rings (SSSR count). The number of hydrogen-bond acceptors (Lipinski definition) is 5. The van der Waals surface area contributed by atoms with Gasteiger partial charge in [-0.2, -0.15) is 0 Å². The van der Waals surface area contributed by atoms with Gasteiger partial charge in [-0.1, -0.05) is 11.3 Å². The Morgan fingerprint density at radius 2 is 2.10 bits per heavy atom. The van der Waals surface area contributed by atoms with Crippen molar-refractivity contribution in [1.82, 2.24) is 10.3 Å². The number of esters is 1. The summed E-state index contributed by atoms with van der Waals surface area (Å²) in [6, 6.07) is 5.26. The maximum atomic E-state index is 11.5. The Morgan fingerprint density at radius 1 is 1.38 bits per heavy atom. The van der Waals surface area contributed by atoms with Crippen molar-refractivity contribution in [2.45, 2.75) is 26.3 Å². The molecule has 0 fully saturated rings. The van der Waals surface area contributed by atoms with Gasteiger partial charge < -0.3 is 15.4 Å². The Labute approximate surface area is 132 Å². The molecule has 0 aliphatic heterocycles. The summed E-state index contributed by atoms with van der Waals surface area (Å²) in [7, 11) is 1.36. The van der Waals surface area contributed by atoms with Crippen LogP contribution in [-0.2, 0) is 4.74 Å². The Balaban J connectivity index is 2.19. The van der Waals surface area contributed by atoms with Gasteiger partial charge in [0, 0.05) is 5.54 Å². The van der Waals surface area contributed by atoms with Gasteiger partial charge in [0.15, 0.2) is 10.2 Å². The molecule has 2 aromatic rings. The van der Waals surface area contributed by atoms with Crippen LogP contribution in [0.4, 0.5) is 5.13 Å². The zero-order valence-electron chi connectivity index (χ0n) is 12.3. The van der Waals surface area contributed by atoms with Gasteiger partial charge in [-0.3, -0.25) is 0 Å². The third-order valence-corrected chi connectivity index (χ3v) is 3.66. The molecule has 1 aromatic heterocycles. The standard InChI is InChI=1S/C14H17N3O2S2/c1-14(2,3)17-12(20)16-13-15-9-6-5-8(11(18)19-4)7-10(9)21-13/h5-7H,1-4H3,(H2,15,16,17,20). The van der Waals surface area contributed by atoms with E-state index >= 15 is 0 Å². The number of ether oxygens (including phenoxy) is 1. The van der Waals surface area contributed by atoms with Crippen molar-refractivity contribution >= 4 is 50.0 Å². The lowest BCUT2D eigenvalue weighted by molar-refractivity contribution is 0.0601. The van der Waals surface area contributed by atoms with Crippen LogP contribution >= 0.6 is 23.6 Å². The van der Waals surface area contributed by atoms with Crippen LogP contribution in [0.25, 0.3) is 10.2 Å². The smallest absolute Gasteiger partial charge is 0.337 e. The molecule has 0 unspecified atom stereocenters. The number of nitrogens with zero attached hydrogens (tertiary/aromatic N) is 1. The molecule has 2 N–H and O–H groups in total. The first-order valence-electron chi connectivity index (χ1n) is 6.36. The number of carbonyl (C=O) groups is 1. The number of thiocarbonyl (C=S) groups is 1. The summed E-state index contributed by atoms with van der Waals surface area (Å²) in [5.74, 6) is -0.357. The van der Waals surface area contributed by atoms with Gasteiger partial charge in [0.1, 0.15) is 0 Å². The molecule has 0 aliphatic rings. The van der Waals surface area contributed by atoms with Crippen molar-refractivity contribution in [3.05, 3.63) is 23.8 Å². The number of thiazole rings is 1. The van der Waals surface area contributed by atoms with Crippen LogP contribution in [0.15, 0.2) is 18.2 Å². The highest BCUT2D eigenvalue weighted by Crippen LogP contribution is 2.27. The second-order valence-corrected chi connectivity index (χ2v) is 6.96. The molecule has 0 spiro atoms. The Kier molecular flexibility index (Phi) is 4.43. The van der Waals surface area contributed by atoms with E-state index in [0.717, 1.165) is 10.2 Å². The molecular weight excluding hydrogens is 306 g/mol. The highest BCUT2D eigenvalue weighted by molar-refractivity contribution is 7.80. The van der Waals surface area contributed by atoms with Crippen LogP contribution in [0.3, 0.4) is 0 Å². The fourth-order valence-corrected chi connectivity index (χ4v) is 3.07. The lowest BCUT2D eigenvalue weighted by atomic mass is 10.1. The average molecular weight is 323 g/mol. The van der Waals surface area contributed by atoms with E-state index in [2.05, 4.69) is 15.6 Å². The molecule has 0 radical (unpaired) electrons. The molecule has 0 aliphatic carbocycles. The molecular formula is C14H17N3O2S2. The average Bonchev–Trinajstić information content (AvgIpc) is 2.76. The normalized spacial score (nSPS) is 11.2. The van der Waals surface area contributed by atoms with E-state index in [1.54, 1.807) is 18.2 Å². The van der Waals surface area contributed by atoms with Gasteiger partial charge in [0.25, 0.3) is 0 Å². The molecule has 1 aromatic carbocycles. The van der Waals surface area contributed by atoms with Crippen LogP contribution in [0.2, 0.25) is 0 Å². The molecule has 0 amide bonds.